The number of phenols is 1. The number of hydrogen-bond donors (Lipinski definition) is 2. The molecule has 1 aliphatic rings. The fourth-order valence-corrected chi connectivity index (χ4v) is 3.10. The molecule has 0 bridgehead atoms. The molecule has 1 aromatic carbocycles. The third kappa shape index (κ3) is 4.01. The Bertz CT molecular complexity index is 584. The molecule has 6 nitrogen and oxygen atoms in total. The van der Waals surface area contributed by atoms with E-state index in [2.05, 4.69) is 18.7 Å². The van der Waals surface area contributed by atoms with E-state index in [1.165, 1.54) is 12.1 Å². The van der Waals surface area contributed by atoms with Crippen molar-refractivity contribution in [2.45, 2.75) is 32.7 Å². The Morgan fingerprint density at radius 1 is 1.22 bits per heavy atom. The quantitative estimate of drug-likeness (QED) is 0.838. The predicted octanol–water partition coefficient (Wildman–Crippen LogP) is 2.04. The fraction of sp³-hybridized carbons (Fsp3) is 0.529. The zero-order valence-corrected chi connectivity index (χ0v) is 13.7. The van der Waals surface area contributed by atoms with E-state index in [0.29, 0.717) is 6.54 Å². The van der Waals surface area contributed by atoms with E-state index in [-0.39, 0.29) is 28.8 Å². The standard InChI is InChI=1S/C17H24N2O4/c1-3-18(4-2)11-14-6-5-7-19(14)16(21)12-8-13(17(22)23)10-15(20)9-12/h8-10,14,20H,3-7,11H2,1-2H3,(H,22,23). The first-order chi connectivity index (χ1) is 11.0. The molecule has 1 heterocycles. The molecule has 0 radical (unpaired) electrons. The number of likely N-dealkylation sites (N-methyl/N-ethyl adjacent to an activating group) is 1. The summed E-state index contributed by atoms with van der Waals surface area (Å²) in [4.78, 5) is 27.9. The molecule has 126 valence electrons. The number of benzene rings is 1. The van der Waals surface area contributed by atoms with Gasteiger partial charge in [0, 0.05) is 24.7 Å². The Hall–Kier alpha value is -2.08. The summed E-state index contributed by atoms with van der Waals surface area (Å²) in [6.45, 7) is 7.55. The second-order valence-corrected chi connectivity index (χ2v) is 5.85. The van der Waals surface area contributed by atoms with Crippen LogP contribution in [0.2, 0.25) is 0 Å². The zero-order valence-electron chi connectivity index (χ0n) is 13.7. The van der Waals surface area contributed by atoms with Gasteiger partial charge in [0.05, 0.1) is 5.56 Å². The van der Waals surface area contributed by atoms with Gasteiger partial charge < -0.3 is 20.0 Å². The van der Waals surface area contributed by atoms with E-state index >= 15 is 0 Å². The van der Waals surface area contributed by atoms with Crippen LogP contribution in [0.25, 0.3) is 0 Å². The Labute approximate surface area is 136 Å². The van der Waals surface area contributed by atoms with Crippen LogP contribution in [0.5, 0.6) is 5.75 Å². The van der Waals surface area contributed by atoms with Gasteiger partial charge in [0.2, 0.25) is 0 Å². The monoisotopic (exact) mass is 320 g/mol. The molecule has 1 aromatic rings. The number of aromatic carboxylic acids is 1. The van der Waals surface area contributed by atoms with Gasteiger partial charge in [-0.3, -0.25) is 4.79 Å². The summed E-state index contributed by atoms with van der Waals surface area (Å²) in [5.74, 6) is -1.57. The highest BCUT2D eigenvalue weighted by molar-refractivity contribution is 5.98. The van der Waals surface area contributed by atoms with Crippen LogP contribution in [-0.4, -0.2) is 64.1 Å². The molecular weight excluding hydrogens is 296 g/mol. The number of carbonyl (C=O) groups is 2. The highest BCUT2D eigenvalue weighted by atomic mass is 16.4. The van der Waals surface area contributed by atoms with E-state index in [9.17, 15) is 14.7 Å². The number of aromatic hydroxyl groups is 1. The predicted molar refractivity (Wildman–Crippen MR) is 86.9 cm³/mol. The third-order valence-corrected chi connectivity index (χ3v) is 4.41. The first-order valence-electron chi connectivity index (χ1n) is 8.06. The number of likely N-dealkylation sites (tertiary alicyclic amines) is 1. The molecule has 2 N–H and O–H groups in total. The fourth-order valence-electron chi connectivity index (χ4n) is 3.10. The van der Waals surface area contributed by atoms with E-state index in [1.54, 1.807) is 4.90 Å². The minimum atomic E-state index is -1.16. The lowest BCUT2D eigenvalue weighted by atomic mass is 10.1. The van der Waals surface area contributed by atoms with Gasteiger partial charge in [-0.1, -0.05) is 13.8 Å². The maximum atomic E-state index is 12.7. The van der Waals surface area contributed by atoms with Crippen LogP contribution in [0.3, 0.4) is 0 Å². The lowest BCUT2D eigenvalue weighted by Gasteiger charge is -2.29. The summed E-state index contributed by atoms with van der Waals surface area (Å²) in [5.41, 5.74) is 0.154. The SMILES string of the molecule is CCN(CC)CC1CCCN1C(=O)c1cc(O)cc(C(=O)O)c1. The third-order valence-electron chi connectivity index (χ3n) is 4.41. The molecular formula is C17H24N2O4. The second kappa shape index (κ2) is 7.46. The largest absolute Gasteiger partial charge is 0.508 e. The van der Waals surface area contributed by atoms with Gasteiger partial charge in [-0.2, -0.15) is 0 Å². The summed E-state index contributed by atoms with van der Waals surface area (Å²) in [5, 5.41) is 18.8. The second-order valence-electron chi connectivity index (χ2n) is 5.85. The maximum absolute atomic E-state index is 12.7. The Morgan fingerprint density at radius 2 is 1.87 bits per heavy atom. The van der Waals surface area contributed by atoms with Crippen molar-refractivity contribution >= 4 is 11.9 Å². The molecule has 6 heteroatoms. The van der Waals surface area contributed by atoms with Gasteiger partial charge in [-0.05, 0) is 44.1 Å². The van der Waals surface area contributed by atoms with E-state index in [4.69, 9.17) is 5.11 Å². The van der Waals surface area contributed by atoms with Crippen LogP contribution < -0.4 is 0 Å². The topological polar surface area (TPSA) is 81.1 Å². The summed E-state index contributed by atoms with van der Waals surface area (Å²) in [6, 6.07) is 3.95. The Morgan fingerprint density at radius 3 is 2.48 bits per heavy atom. The number of amides is 1. The van der Waals surface area contributed by atoms with E-state index in [1.807, 2.05) is 0 Å². The van der Waals surface area contributed by atoms with Gasteiger partial charge >= 0.3 is 5.97 Å². The molecule has 0 aromatic heterocycles. The van der Waals surface area contributed by atoms with E-state index < -0.39 is 5.97 Å². The van der Waals surface area contributed by atoms with Crippen molar-refractivity contribution in [3.63, 3.8) is 0 Å². The number of phenolic OH excluding ortho intramolecular Hbond substituents is 1. The van der Waals surface area contributed by atoms with E-state index in [0.717, 1.165) is 38.5 Å². The summed E-state index contributed by atoms with van der Waals surface area (Å²) < 4.78 is 0. The summed E-state index contributed by atoms with van der Waals surface area (Å²) >= 11 is 0. The molecule has 2 rings (SSSR count). The normalized spacial score (nSPS) is 17.7. The molecule has 0 saturated carbocycles. The molecule has 0 spiro atoms. The van der Waals surface area contributed by atoms with Gasteiger partial charge in [0.1, 0.15) is 5.75 Å². The van der Waals surface area contributed by atoms with Gasteiger partial charge in [0.25, 0.3) is 5.91 Å². The first-order valence-corrected chi connectivity index (χ1v) is 8.06. The molecule has 23 heavy (non-hydrogen) atoms. The van der Waals surface area contributed by atoms with Gasteiger partial charge in [-0.15, -0.1) is 0 Å². The molecule has 1 unspecified atom stereocenters. The zero-order chi connectivity index (χ0) is 17.0. The number of nitrogens with zero attached hydrogens (tertiary/aromatic N) is 2. The van der Waals surface area contributed by atoms with Crippen molar-refractivity contribution in [1.29, 1.82) is 0 Å². The molecule has 1 saturated heterocycles. The smallest absolute Gasteiger partial charge is 0.335 e. The van der Waals surface area contributed by atoms with Crippen molar-refractivity contribution in [3.05, 3.63) is 29.3 Å². The van der Waals surface area contributed by atoms with Crippen LogP contribution >= 0.6 is 0 Å². The number of carbonyl (C=O) groups excluding carboxylic acids is 1. The van der Waals surface area contributed by atoms with Crippen molar-refractivity contribution < 1.29 is 19.8 Å². The molecule has 1 fully saturated rings. The minimum Gasteiger partial charge on any atom is -0.508 e. The van der Waals surface area contributed by atoms with Crippen molar-refractivity contribution in [1.82, 2.24) is 9.80 Å². The molecule has 0 aliphatic carbocycles. The highest BCUT2D eigenvalue weighted by Crippen LogP contribution is 2.23. The summed E-state index contributed by atoms with van der Waals surface area (Å²) in [6.07, 6.45) is 1.90. The number of carboxylic acids is 1. The molecule has 1 amide bonds. The van der Waals surface area contributed by atoms with Crippen molar-refractivity contribution in [3.8, 4) is 5.75 Å². The molecule has 1 atom stereocenters. The Balaban J connectivity index is 2.20. The average Bonchev–Trinajstić information content (AvgIpc) is 2.99. The highest BCUT2D eigenvalue weighted by Gasteiger charge is 2.30. The lowest BCUT2D eigenvalue weighted by Crippen LogP contribution is -2.43. The number of hydrogen-bond acceptors (Lipinski definition) is 4. The first kappa shape index (κ1) is 17.3. The lowest BCUT2D eigenvalue weighted by molar-refractivity contribution is 0.0696. The van der Waals surface area contributed by atoms with Crippen LogP contribution in [-0.2, 0) is 0 Å². The maximum Gasteiger partial charge on any atom is 0.335 e. The van der Waals surface area contributed by atoms with Gasteiger partial charge in [0.15, 0.2) is 0 Å². The number of rotatable bonds is 6. The van der Waals surface area contributed by atoms with Crippen LogP contribution in [0.4, 0.5) is 0 Å². The van der Waals surface area contributed by atoms with Gasteiger partial charge in [-0.25, -0.2) is 4.79 Å². The van der Waals surface area contributed by atoms with Crippen LogP contribution in [0, 0.1) is 0 Å². The average molecular weight is 320 g/mol. The molecule has 1 aliphatic heterocycles. The van der Waals surface area contributed by atoms with Crippen molar-refractivity contribution in [2.75, 3.05) is 26.2 Å². The minimum absolute atomic E-state index is 0.0761. The Kier molecular flexibility index (Phi) is 5.60. The number of carboxylic acid groups (broad SMARTS) is 1. The van der Waals surface area contributed by atoms with Crippen LogP contribution in [0.15, 0.2) is 18.2 Å². The van der Waals surface area contributed by atoms with Crippen molar-refractivity contribution in [2.24, 2.45) is 0 Å². The van der Waals surface area contributed by atoms with Crippen LogP contribution in [0.1, 0.15) is 47.4 Å². The summed E-state index contributed by atoms with van der Waals surface area (Å²) in [7, 11) is 0.